The molecule has 0 aromatic heterocycles. The van der Waals surface area contributed by atoms with Crippen LogP contribution in [0.1, 0.15) is 5.56 Å². The summed E-state index contributed by atoms with van der Waals surface area (Å²) in [6.45, 7) is 0. The Balaban J connectivity index is 1.90. The third-order valence-electron chi connectivity index (χ3n) is 5.67. The van der Waals surface area contributed by atoms with Crippen molar-refractivity contribution in [2.75, 3.05) is 0 Å². The normalized spacial score (nSPS) is 11.8. The fraction of sp³-hybridized carbons (Fsp3) is 0.0370. The number of halogens is 1. The Hall–Kier alpha value is -2.42. The Labute approximate surface area is 190 Å². The summed E-state index contributed by atoms with van der Waals surface area (Å²) in [4.78, 5) is 0. The number of alkyl halides is 1. The predicted molar refractivity (Wildman–Crippen MR) is 139 cm³/mol. The first kappa shape index (κ1) is 19.5. The van der Waals surface area contributed by atoms with Gasteiger partial charge < -0.3 is 4.57 Å². The van der Waals surface area contributed by atoms with Gasteiger partial charge in [-0.2, -0.15) is 0 Å². The second-order valence-electron chi connectivity index (χ2n) is 7.41. The maximum atomic E-state index is 15.2. The molecular formula is C27H20IOP. The van der Waals surface area contributed by atoms with Crippen molar-refractivity contribution in [3.05, 3.63) is 115 Å². The van der Waals surface area contributed by atoms with Crippen molar-refractivity contribution in [2.45, 2.75) is 4.43 Å². The molecule has 0 radical (unpaired) electrons. The molecule has 5 rings (SSSR count). The van der Waals surface area contributed by atoms with E-state index in [1.165, 1.54) is 5.56 Å². The van der Waals surface area contributed by atoms with Crippen LogP contribution in [0.2, 0.25) is 0 Å². The summed E-state index contributed by atoms with van der Waals surface area (Å²) in [5, 5.41) is 7.00. The van der Waals surface area contributed by atoms with E-state index in [1.807, 2.05) is 48.5 Å². The van der Waals surface area contributed by atoms with Crippen LogP contribution < -0.4 is 15.9 Å². The van der Waals surface area contributed by atoms with Crippen LogP contribution in [0.25, 0.3) is 21.5 Å². The van der Waals surface area contributed by atoms with E-state index in [1.54, 1.807) is 0 Å². The van der Waals surface area contributed by atoms with E-state index >= 15 is 4.57 Å². The van der Waals surface area contributed by atoms with Crippen molar-refractivity contribution in [3.8, 4) is 0 Å². The van der Waals surface area contributed by atoms with Gasteiger partial charge in [-0.1, -0.05) is 132 Å². The standard InChI is InChI=1S/C27H20IOP/c28-19-20-15-17-23(18-16-20)30(29,26-13-5-9-21-7-1-3-11-24(21)26)27-14-6-10-22-8-2-4-12-25(22)27/h1-18H,19H2. The molecule has 0 bridgehead atoms. The lowest BCUT2D eigenvalue weighted by atomic mass is 10.1. The molecule has 0 saturated heterocycles. The van der Waals surface area contributed by atoms with E-state index in [9.17, 15) is 0 Å². The van der Waals surface area contributed by atoms with Crippen molar-refractivity contribution in [1.82, 2.24) is 0 Å². The number of hydrogen-bond donors (Lipinski definition) is 0. The lowest BCUT2D eigenvalue weighted by Gasteiger charge is -2.23. The SMILES string of the molecule is O=P(c1ccc(CI)cc1)(c1cccc2ccccc12)c1cccc2ccccc12. The molecule has 5 aromatic rings. The van der Waals surface area contributed by atoms with Gasteiger partial charge in [0.05, 0.1) is 0 Å². The van der Waals surface area contributed by atoms with E-state index in [0.29, 0.717) is 0 Å². The quantitative estimate of drug-likeness (QED) is 0.150. The van der Waals surface area contributed by atoms with Crippen LogP contribution in [0.3, 0.4) is 0 Å². The number of fused-ring (bicyclic) bond motifs is 2. The molecule has 3 heteroatoms. The van der Waals surface area contributed by atoms with Crippen molar-refractivity contribution < 1.29 is 4.57 Å². The Bertz CT molecular complexity index is 1310. The van der Waals surface area contributed by atoms with Gasteiger partial charge >= 0.3 is 0 Å². The number of hydrogen-bond acceptors (Lipinski definition) is 1. The monoisotopic (exact) mass is 518 g/mol. The predicted octanol–water partition coefficient (Wildman–Crippen LogP) is 6.57. The molecule has 0 aliphatic rings. The van der Waals surface area contributed by atoms with E-state index in [4.69, 9.17) is 0 Å². The highest BCUT2D eigenvalue weighted by Gasteiger charge is 2.32. The summed E-state index contributed by atoms with van der Waals surface area (Å²) in [6, 6.07) is 37.1. The minimum Gasteiger partial charge on any atom is -0.309 e. The molecule has 0 amide bonds. The van der Waals surface area contributed by atoms with Gasteiger partial charge in [-0.25, -0.2) is 0 Å². The molecule has 5 aromatic carbocycles. The molecule has 146 valence electrons. The average Bonchev–Trinajstić information content (AvgIpc) is 2.83. The summed E-state index contributed by atoms with van der Waals surface area (Å²) in [6.07, 6.45) is 0. The molecule has 1 nitrogen and oxygen atoms in total. The molecule has 0 unspecified atom stereocenters. The summed E-state index contributed by atoms with van der Waals surface area (Å²) in [5.74, 6) is 0. The van der Waals surface area contributed by atoms with Gasteiger partial charge in [-0.15, -0.1) is 0 Å². The Morgan fingerprint density at radius 1 is 0.567 bits per heavy atom. The minimum absolute atomic E-state index is 0.879. The zero-order valence-electron chi connectivity index (χ0n) is 16.3. The highest BCUT2D eigenvalue weighted by molar-refractivity contribution is 14.1. The second kappa shape index (κ2) is 8.02. The van der Waals surface area contributed by atoms with Crippen LogP contribution in [-0.4, -0.2) is 0 Å². The van der Waals surface area contributed by atoms with Crippen molar-refractivity contribution in [1.29, 1.82) is 0 Å². The lowest BCUT2D eigenvalue weighted by molar-refractivity contribution is 0.593. The molecule has 30 heavy (non-hydrogen) atoms. The van der Waals surface area contributed by atoms with Gasteiger partial charge in [0.25, 0.3) is 0 Å². The molecular weight excluding hydrogens is 498 g/mol. The van der Waals surface area contributed by atoms with Gasteiger partial charge in [-0.3, -0.25) is 0 Å². The molecule has 0 heterocycles. The zero-order chi connectivity index (χ0) is 20.6. The smallest absolute Gasteiger partial charge is 0.172 e. The van der Waals surface area contributed by atoms with Crippen LogP contribution in [0.15, 0.2) is 109 Å². The third-order valence-corrected chi connectivity index (χ3v) is 9.71. The summed E-state index contributed by atoms with van der Waals surface area (Å²) in [5.41, 5.74) is 1.24. The van der Waals surface area contributed by atoms with Gasteiger partial charge in [0.2, 0.25) is 0 Å². The number of rotatable bonds is 4. The summed E-state index contributed by atoms with van der Waals surface area (Å²) < 4.78 is 16.2. The summed E-state index contributed by atoms with van der Waals surface area (Å²) >= 11 is 2.36. The van der Waals surface area contributed by atoms with Crippen molar-refractivity contribution in [2.24, 2.45) is 0 Å². The first-order valence-electron chi connectivity index (χ1n) is 9.94. The van der Waals surface area contributed by atoms with E-state index < -0.39 is 7.14 Å². The Kier molecular flexibility index (Phi) is 5.22. The van der Waals surface area contributed by atoms with Gasteiger partial charge in [0.15, 0.2) is 7.14 Å². The maximum Gasteiger partial charge on any atom is 0.172 e. The van der Waals surface area contributed by atoms with Crippen LogP contribution in [0, 0.1) is 0 Å². The molecule has 0 saturated carbocycles. The topological polar surface area (TPSA) is 17.1 Å². The largest absolute Gasteiger partial charge is 0.309 e. The molecule has 0 aliphatic carbocycles. The van der Waals surface area contributed by atoms with Gasteiger partial charge in [0.1, 0.15) is 0 Å². The van der Waals surface area contributed by atoms with Crippen LogP contribution in [0.5, 0.6) is 0 Å². The fourth-order valence-electron chi connectivity index (χ4n) is 4.17. The highest BCUT2D eigenvalue weighted by Crippen LogP contribution is 2.46. The van der Waals surface area contributed by atoms with E-state index in [0.717, 1.165) is 41.9 Å². The molecule has 0 atom stereocenters. The van der Waals surface area contributed by atoms with Crippen molar-refractivity contribution >= 4 is 67.2 Å². The van der Waals surface area contributed by atoms with E-state index in [2.05, 4.69) is 83.3 Å². The zero-order valence-corrected chi connectivity index (χ0v) is 19.4. The van der Waals surface area contributed by atoms with Gasteiger partial charge in [0, 0.05) is 20.3 Å². The van der Waals surface area contributed by atoms with Crippen LogP contribution in [0.4, 0.5) is 0 Å². The van der Waals surface area contributed by atoms with E-state index in [-0.39, 0.29) is 0 Å². The summed E-state index contributed by atoms with van der Waals surface area (Å²) in [7, 11) is -3.10. The molecule has 0 spiro atoms. The first-order chi connectivity index (χ1) is 14.7. The second-order valence-corrected chi connectivity index (χ2v) is 10.9. The minimum atomic E-state index is -3.10. The van der Waals surface area contributed by atoms with Gasteiger partial charge in [-0.05, 0) is 27.1 Å². The highest BCUT2D eigenvalue weighted by atomic mass is 127. The van der Waals surface area contributed by atoms with Crippen molar-refractivity contribution in [3.63, 3.8) is 0 Å². The fourth-order valence-corrected chi connectivity index (χ4v) is 7.74. The first-order valence-corrected chi connectivity index (χ1v) is 13.2. The average molecular weight is 518 g/mol. The Morgan fingerprint density at radius 3 is 1.53 bits per heavy atom. The maximum absolute atomic E-state index is 15.2. The molecule has 0 N–H and O–H groups in total. The van der Waals surface area contributed by atoms with Crippen LogP contribution >= 0.6 is 29.7 Å². The Morgan fingerprint density at radius 2 is 1.03 bits per heavy atom. The molecule has 0 aliphatic heterocycles. The third kappa shape index (κ3) is 3.19. The lowest BCUT2D eigenvalue weighted by Crippen LogP contribution is -2.26. The molecule has 0 fully saturated rings. The van der Waals surface area contributed by atoms with Crippen LogP contribution in [-0.2, 0) is 8.99 Å². The number of benzene rings is 5.